The monoisotopic (exact) mass is 488 g/mol. The Morgan fingerprint density at radius 3 is 1.74 bits per heavy atom. The summed E-state index contributed by atoms with van der Waals surface area (Å²) in [7, 11) is 0. The smallest absolute Gasteiger partial charge is 0.187 e. The molecular weight excluding hydrogens is 432 g/mol. The summed E-state index contributed by atoms with van der Waals surface area (Å²) < 4.78 is 31.7. The molecule has 1 aliphatic rings. The highest BCUT2D eigenvalue weighted by atomic mass is 16.7. The predicted octanol–water partition coefficient (Wildman–Crippen LogP) is 6.13. The van der Waals surface area contributed by atoms with Gasteiger partial charge in [0, 0.05) is 19.8 Å². The molecule has 0 aliphatic carbocycles. The molecule has 1 heterocycles. The van der Waals surface area contributed by atoms with Gasteiger partial charge in [0.05, 0.1) is 18.3 Å². The number of rotatable bonds is 17. The normalized spacial score (nSPS) is 28.6. The van der Waals surface area contributed by atoms with E-state index in [1.807, 2.05) is 13.8 Å². The van der Waals surface area contributed by atoms with E-state index >= 15 is 0 Å². The van der Waals surface area contributed by atoms with Crippen LogP contribution in [-0.2, 0) is 23.7 Å². The van der Waals surface area contributed by atoms with Crippen molar-refractivity contribution in [2.45, 2.75) is 150 Å². The summed E-state index contributed by atoms with van der Waals surface area (Å²) in [6, 6.07) is 0. The van der Waals surface area contributed by atoms with Crippen LogP contribution in [0.25, 0.3) is 0 Å². The molecular formula is C28H56O6. The van der Waals surface area contributed by atoms with E-state index < -0.39 is 18.5 Å². The van der Waals surface area contributed by atoms with Gasteiger partial charge >= 0.3 is 0 Å². The largest absolute Gasteiger partial charge is 0.390 e. The second-order valence-electron chi connectivity index (χ2n) is 11.2. The Hall–Kier alpha value is -0.240. The van der Waals surface area contributed by atoms with E-state index in [9.17, 15) is 5.11 Å². The molecule has 1 saturated heterocycles. The Balaban J connectivity index is 3.01. The van der Waals surface area contributed by atoms with Crippen LogP contribution in [0.15, 0.2) is 0 Å². The first-order valence-corrected chi connectivity index (χ1v) is 13.9. The quantitative estimate of drug-likeness (QED) is 0.249. The van der Waals surface area contributed by atoms with E-state index in [2.05, 4.69) is 48.5 Å². The van der Waals surface area contributed by atoms with Gasteiger partial charge in [-0.3, -0.25) is 0 Å². The molecule has 6 heteroatoms. The molecule has 0 amide bonds. The molecule has 204 valence electrons. The Morgan fingerprint density at radius 2 is 1.26 bits per heavy atom. The molecule has 0 aromatic heterocycles. The Labute approximate surface area is 210 Å². The molecule has 0 bridgehead atoms. The fourth-order valence-corrected chi connectivity index (χ4v) is 3.98. The van der Waals surface area contributed by atoms with Crippen LogP contribution in [0, 0.1) is 11.3 Å². The summed E-state index contributed by atoms with van der Waals surface area (Å²) in [6.45, 7) is 21.2. The van der Waals surface area contributed by atoms with Gasteiger partial charge in [-0.2, -0.15) is 0 Å². The van der Waals surface area contributed by atoms with Crippen molar-refractivity contribution in [2.24, 2.45) is 11.3 Å². The van der Waals surface area contributed by atoms with Crippen molar-refractivity contribution in [3.05, 3.63) is 0 Å². The van der Waals surface area contributed by atoms with Crippen LogP contribution >= 0.6 is 0 Å². The highest BCUT2D eigenvalue weighted by Gasteiger charge is 2.48. The van der Waals surface area contributed by atoms with Crippen molar-refractivity contribution < 1.29 is 28.8 Å². The number of aliphatic hydroxyl groups excluding tert-OH is 1. The lowest BCUT2D eigenvalue weighted by Crippen LogP contribution is -2.61. The van der Waals surface area contributed by atoms with Gasteiger partial charge in [-0.25, -0.2) is 0 Å². The van der Waals surface area contributed by atoms with Gasteiger partial charge < -0.3 is 28.8 Å². The SMILES string of the molecule is CCCCOC1C(OCCCC)[C@H](OCCCC)C(C)O[C@H]1O[C@@H](C)C(O)C[C@H](C)C(C)(C)C. The van der Waals surface area contributed by atoms with E-state index in [0.717, 1.165) is 38.5 Å². The zero-order valence-corrected chi connectivity index (χ0v) is 23.7. The lowest BCUT2D eigenvalue weighted by Gasteiger charge is -2.46. The van der Waals surface area contributed by atoms with Crippen LogP contribution in [0.4, 0.5) is 0 Å². The third-order valence-electron chi connectivity index (χ3n) is 7.12. The van der Waals surface area contributed by atoms with Gasteiger partial charge in [-0.1, -0.05) is 67.7 Å². The molecule has 0 aromatic carbocycles. The molecule has 0 radical (unpaired) electrons. The summed E-state index contributed by atoms with van der Waals surface area (Å²) >= 11 is 0. The second kappa shape index (κ2) is 16.5. The van der Waals surface area contributed by atoms with Gasteiger partial charge in [0.25, 0.3) is 0 Å². The Bertz CT molecular complexity index is 508. The molecule has 4 unspecified atom stereocenters. The van der Waals surface area contributed by atoms with Crippen molar-refractivity contribution in [3.8, 4) is 0 Å². The van der Waals surface area contributed by atoms with Crippen molar-refractivity contribution >= 4 is 0 Å². The second-order valence-corrected chi connectivity index (χ2v) is 11.2. The van der Waals surface area contributed by atoms with Crippen LogP contribution in [0.5, 0.6) is 0 Å². The first-order chi connectivity index (χ1) is 16.1. The standard InChI is InChI=1S/C28H56O6/c1-10-13-16-30-24-22(6)34-27(33-21(5)23(29)19-20(4)28(7,8)9)26(32-18-15-12-3)25(24)31-17-14-11-2/h20-27,29H,10-19H2,1-9H3/t20-,21-,22?,23?,24+,25?,26?,27+/m0/s1. The van der Waals surface area contributed by atoms with Crippen molar-refractivity contribution in [1.29, 1.82) is 0 Å². The zero-order chi connectivity index (χ0) is 25.7. The van der Waals surface area contributed by atoms with Crippen LogP contribution in [-0.4, -0.2) is 67.8 Å². The molecule has 1 rings (SSSR count). The molecule has 34 heavy (non-hydrogen) atoms. The molecule has 0 saturated carbocycles. The molecule has 0 spiro atoms. The molecule has 1 N–H and O–H groups in total. The van der Waals surface area contributed by atoms with Gasteiger partial charge in [0.1, 0.15) is 18.3 Å². The van der Waals surface area contributed by atoms with Gasteiger partial charge in [-0.15, -0.1) is 0 Å². The van der Waals surface area contributed by atoms with Crippen LogP contribution in [0.1, 0.15) is 107 Å². The maximum atomic E-state index is 10.9. The minimum absolute atomic E-state index is 0.129. The minimum Gasteiger partial charge on any atom is -0.390 e. The van der Waals surface area contributed by atoms with Gasteiger partial charge in [-0.05, 0) is 50.9 Å². The lowest BCUT2D eigenvalue weighted by molar-refractivity contribution is -0.328. The maximum Gasteiger partial charge on any atom is 0.187 e. The maximum absolute atomic E-state index is 10.9. The molecule has 6 nitrogen and oxygen atoms in total. The number of unbranched alkanes of at least 4 members (excludes halogenated alkanes) is 3. The number of ether oxygens (including phenoxy) is 5. The molecule has 1 fully saturated rings. The van der Waals surface area contributed by atoms with Crippen LogP contribution in [0.2, 0.25) is 0 Å². The Kier molecular flexibility index (Phi) is 15.4. The number of hydrogen-bond acceptors (Lipinski definition) is 6. The third kappa shape index (κ3) is 10.8. The lowest BCUT2D eigenvalue weighted by atomic mass is 9.78. The van der Waals surface area contributed by atoms with E-state index in [0.29, 0.717) is 32.2 Å². The summed E-state index contributed by atoms with van der Waals surface area (Å²) in [5, 5.41) is 10.9. The van der Waals surface area contributed by atoms with Crippen LogP contribution in [0.3, 0.4) is 0 Å². The van der Waals surface area contributed by atoms with Crippen molar-refractivity contribution in [2.75, 3.05) is 19.8 Å². The summed E-state index contributed by atoms with van der Waals surface area (Å²) in [5.41, 5.74) is 0.129. The van der Waals surface area contributed by atoms with E-state index in [-0.39, 0.29) is 29.8 Å². The minimum atomic E-state index is -0.612. The topological polar surface area (TPSA) is 66.4 Å². The van der Waals surface area contributed by atoms with Gasteiger partial charge in [0.15, 0.2) is 6.29 Å². The number of hydrogen-bond donors (Lipinski definition) is 1. The van der Waals surface area contributed by atoms with Gasteiger partial charge in [0.2, 0.25) is 0 Å². The zero-order valence-electron chi connectivity index (χ0n) is 23.7. The predicted molar refractivity (Wildman–Crippen MR) is 138 cm³/mol. The molecule has 8 atom stereocenters. The summed E-state index contributed by atoms with van der Waals surface area (Å²) in [5.74, 6) is 0.359. The van der Waals surface area contributed by atoms with Crippen molar-refractivity contribution in [1.82, 2.24) is 0 Å². The fourth-order valence-electron chi connectivity index (χ4n) is 3.98. The molecule has 1 aliphatic heterocycles. The van der Waals surface area contributed by atoms with E-state index in [1.54, 1.807) is 0 Å². The van der Waals surface area contributed by atoms with Crippen LogP contribution < -0.4 is 0 Å². The molecule has 0 aromatic rings. The van der Waals surface area contributed by atoms with E-state index in [1.165, 1.54) is 0 Å². The van der Waals surface area contributed by atoms with Crippen molar-refractivity contribution in [3.63, 3.8) is 0 Å². The highest BCUT2D eigenvalue weighted by molar-refractivity contribution is 4.92. The first-order valence-electron chi connectivity index (χ1n) is 13.9. The average Bonchev–Trinajstić information content (AvgIpc) is 2.76. The fraction of sp³-hybridized carbons (Fsp3) is 1.00. The summed E-state index contributed by atoms with van der Waals surface area (Å²) in [6.07, 6.45) is 4.16. The third-order valence-corrected chi connectivity index (χ3v) is 7.12. The highest BCUT2D eigenvalue weighted by Crippen LogP contribution is 2.33. The first kappa shape index (κ1) is 31.8. The van der Waals surface area contributed by atoms with E-state index in [4.69, 9.17) is 23.7 Å². The average molecular weight is 489 g/mol. The summed E-state index contributed by atoms with van der Waals surface area (Å²) in [4.78, 5) is 0. The number of aliphatic hydroxyl groups is 1. The Morgan fingerprint density at radius 1 is 0.794 bits per heavy atom.